The van der Waals surface area contributed by atoms with Crippen LogP contribution < -0.4 is 5.32 Å². The van der Waals surface area contributed by atoms with Crippen molar-refractivity contribution in [2.45, 2.75) is 39.1 Å². The third-order valence-electron chi connectivity index (χ3n) is 2.66. The lowest BCUT2D eigenvalue weighted by molar-refractivity contribution is -0.137. The molecule has 0 radical (unpaired) electrons. The van der Waals surface area contributed by atoms with E-state index in [4.69, 9.17) is 4.74 Å². The minimum atomic E-state index is -4.41. The van der Waals surface area contributed by atoms with Gasteiger partial charge in [0.2, 0.25) is 0 Å². The Labute approximate surface area is 124 Å². The Morgan fingerprint density at radius 1 is 1.32 bits per heavy atom. The van der Waals surface area contributed by atoms with Gasteiger partial charge in [0.15, 0.2) is 0 Å². The minimum absolute atomic E-state index is 0.0327. The van der Waals surface area contributed by atoms with E-state index >= 15 is 0 Å². The summed E-state index contributed by atoms with van der Waals surface area (Å²) in [5.74, 6) is 0.347. The van der Waals surface area contributed by atoms with Gasteiger partial charge in [-0.25, -0.2) is 9.78 Å². The van der Waals surface area contributed by atoms with Gasteiger partial charge in [-0.2, -0.15) is 13.2 Å². The number of carbonyl (C=O) groups excluding carboxylic acids is 1. The lowest BCUT2D eigenvalue weighted by Crippen LogP contribution is -2.32. The zero-order valence-corrected chi connectivity index (χ0v) is 12.3. The second-order valence-corrected chi connectivity index (χ2v) is 5.77. The predicted octanol–water partition coefficient (Wildman–Crippen LogP) is 3.61. The first-order valence-corrected chi connectivity index (χ1v) is 6.57. The number of hydrogen-bond acceptors (Lipinski definition) is 3. The molecule has 1 heterocycles. The van der Waals surface area contributed by atoms with Crippen LogP contribution in [0.5, 0.6) is 0 Å². The van der Waals surface area contributed by atoms with Crippen molar-refractivity contribution in [2.24, 2.45) is 0 Å². The summed E-state index contributed by atoms with van der Waals surface area (Å²) in [5, 5.41) is 2.48. The minimum Gasteiger partial charge on any atom is -0.444 e. The molecule has 120 valence electrons. The number of ether oxygens (including phenoxy) is 1. The Morgan fingerprint density at radius 3 is 2.59 bits per heavy atom. The van der Waals surface area contributed by atoms with Crippen LogP contribution in [-0.4, -0.2) is 21.7 Å². The smallest absolute Gasteiger partial charge is 0.416 e. The van der Waals surface area contributed by atoms with Crippen LogP contribution in [0.3, 0.4) is 0 Å². The number of nitrogens with zero attached hydrogens (tertiary/aromatic N) is 1. The van der Waals surface area contributed by atoms with Gasteiger partial charge >= 0.3 is 12.3 Å². The van der Waals surface area contributed by atoms with E-state index in [1.165, 1.54) is 6.07 Å². The third kappa shape index (κ3) is 4.12. The number of imidazole rings is 1. The molecule has 1 amide bonds. The van der Waals surface area contributed by atoms with Gasteiger partial charge in [0.1, 0.15) is 11.4 Å². The number of hydrogen-bond donors (Lipinski definition) is 2. The second-order valence-electron chi connectivity index (χ2n) is 5.77. The fraction of sp³-hybridized carbons (Fsp3) is 0.429. The number of nitrogens with one attached hydrogen (secondary N) is 2. The molecule has 0 spiro atoms. The summed E-state index contributed by atoms with van der Waals surface area (Å²) >= 11 is 0. The summed E-state index contributed by atoms with van der Waals surface area (Å²) in [7, 11) is 0. The Morgan fingerprint density at radius 2 is 2.00 bits per heavy atom. The SMILES string of the molecule is CC(C)(C)OC(=O)NCc1nc2ccc(C(F)(F)F)cc2[nH]1. The van der Waals surface area contributed by atoms with E-state index in [0.29, 0.717) is 11.3 Å². The van der Waals surface area contributed by atoms with E-state index in [0.717, 1.165) is 12.1 Å². The highest BCUT2D eigenvalue weighted by Crippen LogP contribution is 2.30. The lowest BCUT2D eigenvalue weighted by atomic mass is 10.2. The van der Waals surface area contributed by atoms with Gasteiger partial charge in [0, 0.05) is 0 Å². The Bertz CT molecular complexity index is 687. The van der Waals surface area contributed by atoms with Gasteiger partial charge < -0.3 is 15.0 Å². The highest BCUT2D eigenvalue weighted by molar-refractivity contribution is 5.76. The van der Waals surface area contributed by atoms with Gasteiger partial charge in [-0.15, -0.1) is 0 Å². The second kappa shape index (κ2) is 5.51. The zero-order valence-electron chi connectivity index (χ0n) is 12.3. The highest BCUT2D eigenvalue weighted by atomic mass is 19.4. The first-order valence-electron chi connectivity index (χ1n) is 6.57. The molecule has 0 fully saturated rings. The number of alkyl carbamates (subject to hydrolysis) is 1. The summed E-state index contributed by atoms with van der Waals surface area (Å²) in [6, 6.07) is 3.24. The van der Waals surface area contributed by atoms with Gasteiger partial charge in [0.25, 0.3) is 0 Å². The van der Waals surface area contributed by atoms with Crippen LogP contribution in [0.4, 0.5) is 18.0 Å². The molecule has 0 unspecified atom stereocenters. The Balaban J connectivity index is 2.09. The number of alkyl halides is 3. The summed E-state index contributed by atoms with van der Waals surface area (Å²) in [5.41, 5.74) is -0.723. The maximum Gasteiger partial charge on any atom is 0.416 e. The number of benzene rings is 1. The number of aromatic amines is 1. The molecule has 2 rings (SSSR count). The molecular weight excluding hydrogens is 299 g/mol. The molecular formula is C14H16F3N3O2. The molecule has 0 atom stereocenters. The zero-order chi connectivity index (χ0) is 16.5. The van der Waals surface area contributed by atoms with Crippen molar-refractivity contribution in [3.8, 4) is 0 Å². The van der Waals surface area contributed by atoms with E-state index in [1.807, 2.05) is 0 Å². The number of halogens is 3. The number of fused-ring (bicyclic) bond motifs is 1. The molecule has 0 aliphatic rings. The Kier molecular flexibility index (Phi) is 4.04. The van der Waals surface area contributed by atoms with Crippen LogP contribution in [0.1, 0.15) is 32.2 Å². The van der Waals surface area contributed by atoms with Crippen LogP contribution in [-0.2, 0) is 17.5 Å². The number of amides is 1. The van der Waals surface area contributed by atoms with Gasteiger partial charge in [0.05, 0.1) is 23.1 Å². The summed E-state index contributed by atoms with van der Waals surface area (Å²) < 4.78 is 42.9. The van der Waals surface area contributed by atoms with Crippen molar-refractivity contribution < 1.29 is 22.7 Å². The molecule has 5 nitrogen and oxygen atoms in total. The van der Waals surface area contributed by atoms with Gasteiger partial charge in [-0.1, -0.05) is 0 Å². The van der Waals surface area contributed by atoms with Gasteiger partial charge in [-0.3, -0.25) is 0 Å². The molecule has 8 heteroatoms. The first-order chi connectivity index (χ1) is 10.0. The molecule has 1 aromatic heterocycles. The maximum atomic E-state index is 12.6. The molecule has 2 aromatic rings. The molecule has 22 heavy (non-hydrogen) atoms. The molecule has 0 saturated carbocycles. The lowest BCUT2D eigenvalue weighted by Gasteiger charge is -2.19. The van der Waals surface area contributed by atoms with Crippen LogP contribution in [0.15, 0.2) is 18.2 Å². The topological polar surface area (TPSA) is 67.0 Å². The fourth-order valence-electron chi connectivity index (χ4n) is 1.79. The number of rotatable bonds is 2. The van der Waals surface area contributed by atoms with Crippen molar-refractivity contribution in [2.75, 3.05) is 0 Å². The standard InChI is InChI=1S/C14H16F3N3O2/c1-13(2,3)22-12(21)18-7-11-19-9-5-4-8(14(15,16)17)6-10(9)20-11/h4-6H,7H2,1-3H3,(H,18,21)(H,19,20). The largest absolute Gasteiger partial charge is 0.444 e. The summed E-state index contributed by atoms with van der Waals surface area (Å²) in [4.78, 5) is 18.4. The molecule has 0 saturated heterocycles. The quantitative estimate of drug-likeness (QED) is 0.889. The number of carbonyl (C=O) groups is 1. The Hall–Kier alpha value is -2.25. The number of aromatic nitrogens is 2. The molecule has 1 aromatic carbocycles. The van der Waals surface area contributed by atoms with E-state index in [-0.39, 0.29) is 12.1 Å². The van der Waals surface area contributed by atoms with Crippen molar-refractivity contribution in [1.82, 2.24) is 15.3 Å². The highest BCUT2D eigenvalue weighted by Gasteiger charge is 2.30. The molecule has 0 aliphatic carbocycles. The van der Waals surface area contributed by atoms with Crippen LogP contribution >= 0.6 is 0 Å². The normalized spacial score (nSPS) is 12.5. The average Bonchev–Trinajstić information content (AvgIpc) is 2.74. The van der Waals surface area contributed by atoms with E-state index in [9.17, 15) is 18.0 Å². The number of H-pyrrole nitrogens is 1. The van der Waals surface area contributed by atoms with Crippen LogP contribution in [0, 0.1) is 0 Å². The fourth-order valence-corrected chi connectivity index (χ4v) is 1.79. The first kappa shape index (κ1) is 16.1. The molecule has 0 aliphatic heterocycles. The van der Waals surface area contributed by atoms with Crippen LogP contribution in [0.2, 0.25) is 0 Å². The molecule has 2 N–H and O–H groups in total. The third-order valence-corrected chi connectivity index (χ3v) is 2.66. The summed E-state index contributed by atoms with van der Waals surface area (Å²) in [6.45, 7) is 5.22. The summed E-state index contributed by atoms with van der Waals surface area (Å²) in [6.07, 6.45) is -5.03. The van der Waals surface area contributed by atoms with Crippen molar-refractivity contribution >= 4 is 17.1 Å². The predicted molar refractivity (Wildman–Crippen MR) is 74.2 cm³/mol. The maximum absolute atomic E-state index is 12.6. The van der Waals surface area contributed by atoms with E-state index < -0.39 is 23.4 Å². The van der Waals surface area contributed by atoms with Crippen molar-refractivity contribution in [1.29, 1.82) is 0 Å². The van der Waals surface area contributed by atoms with Crippen LogP contribution in [0.25, 0.3) is 11.0 Å². The van der Waals surface area contributed by atoms with E-state index in [1.54, 1.807) is 20.8 Å². The van der Waals surface area contributed by atoms with Gasteiger partial charge in [-0.05, 0) is 39.0 Å². The van der Waals surface area contributed by atoms with E-state index in [2.05, 4.69) is 15.3 Å². The van der Waals surface area contributed by atoms with Crippen molar-refractivity contribution in [3.05, 3.63) is 29.6 Å². The van der Waals surface area contributed by atoms with Crippen molar-refractivity contribution in [3.63, 3.8) is 0 Å². The monoisotopic (exact) mass is 315 g/mol. The average molecular weight is 315 g/mol. The molecule has 0 bridgehead atoms.